The van der Waals surface area contributed by atoms with Gasteiger partial charge in [0.25, 0.3) is 0 Å². The maximum Gasteiger partial charge on any atom is 0.317 e. The third-order valence-corrected chi connectivity index (χ3v) is 5.11. The lowest BCUT2D eigenvalue weighted by Gasteiger charge is -2.10. The first-order valence-corrected chi connectivity index (χ1v) is 9.84. The third kappa shape index (κ3) is 4.50. The van der Waals surface area contributed by atoms with Gasteiger partial charge in [0.1, 0.15) is 10.8 Å². The van der Waals surface area contributed by atoms with Crippen molar-refractivity contribution in [2.75, 3.05) is 0 Å². The number of para-hydroxylation sites is 1. The lowest BCUT2D eigenvalue weighted by molar-refractivity contribution is -0.133. The second-order valence-corrected chi connectivity index (χ2v) is 7.14. The van der Waals surface area contributed by atoms with Crippen molar-refractivity contribution in [2.45, 2.75) is 12.8 Å². The molecule has 4 rings (SSSR count). The summed E-state index contributed by atoms with van der Waals surface area (Å²) >= 11 is 1.47. The molecule has 4 nitrogen and oxygen atoms in total. The zero-order valence-electron chi connectivity index (χ0n) is 15.1. The minimum Gasteiger partial charge on any atom is -0.426 e. The number of pyridine rings is 1. The molecule has 0 unspecified atom stereocenters. The first-order chi connectivity index (χ1) is 13.8. The highest BCUT2D eigenvalue weighted by Gasteiger charge is 2.13. The summed E-state index contributed by atoms with van der Waals surface area (Å²) in [6.45, 7) is 0. The van der Waals surface area contributed by atoms with Crippen molar-refractivity contribution in [2.24, 2.45) is 0 Å². The predicted molar refractivity (Wildman–Crippen MR) is 110 cm³/mol. The van der Waals surface area contributed by atoms with Crippen LogP contribution >= 0.6 is 11.3 Å². The number of esters is 1. The van der Waals surface area contributed by atoms with Gasteiger partial charge in [-0.05, 0) is 29.3 Å². The average Bonchev–Trinajstić information content (AvgIpc) is 3.19. The highest BCUT2D eigenvalue weighted by atomic mass is 32.1. The first-order valence-electron chi connectivity index (χ1n) is 8.96. The smallest absolute Gasteiger partial charge is 0.317 e. The summed E-state index contributed by atoms with van der Waals surface area (Å²) in [5.74, 6) is 0.273. The van der Waals surface area contributed by atoms with Crippen LogP contribution in [0.5, 0.6) is 5.75 Å². The molecule has 0 aliphatic heterocycles. The molecular weight excluding hydrogens is 368 g/mol. The largest absolute Gasteiger partial charge is 0.426 e. The van der Waals surface area contributed by atoms with Crippen molar-refractivity contribution in [1.29, 1.82) is 0 Å². The monoisotopic (exact) mass is 386 g/mol. The van der Waals surface area contributed by atoms with Crippen LogP contribution in [-0.2, 0) is 17.6 Å². The molecule has 2 heterocycles. The maximum atomic E-state index is 12.5. The van der Waals surface area contributed by atoms with Crippen LogP contribution in [-0.4, -0.2) is 15.9 Å². The Morgan fingerprint density at radius 2 is 1.71 bits per heavy atom. The van der Waals surface area contributed by atoms with Gasteiger partial charge in [-0.1, -0.05) is 54.6 Å². The zero-order chi connectivity index (χ0) is 19.2. The van der Waals surface area contributed by atoms with E-state index < -0.39 is 0 Å². The highest BCUT2D eigenvalue weighted by Crippen LogP contribution is 2.24. The predicted octanol–water partition coefficient (Wildman–Crippen LogP) is 4.94. The Hall–Kier alpha value is -3.31. The Labute approximate surface area is 167 Å². The first kappa shape index (κ1) is 18.1. The molecule has 0 atom stereocenters. The van der Waals surface area contributed by atoms with Crippen LogP contribution in [0, 0.1) is 0 Å². The van der Waals surface area contributed by atoms with Gasteiger partial charge in [-0.25, -0.2) is 4.98 Å². The summed E-state index contributed by atoms with van der Waals surface area (Å²) in [5, 5.41) is 2.68. The lowest BCUT2D eigenvalue weighted by Crippen LogP contribution is -2.12. The molecule has 5 heteroatoms. The topological polar surface area (TPSA) is 52.1 Å². The van der Waals surface area contributed by atoms with Gasteiger partial charge in [-0.3, -0.25) is 9.78 Å². The molecule has 0 N–H and O–H groups in total. The molecule has 4 aromatic rings. The molecule has 0 aliphatic carbocycles. The van der Waals surface area contributed by atoms with Crippen molar-refractivity contribution in [3.05, 3.63) is 101 Å². The Balaban J connectivity index is 1.44. The molecule has 0 bridgehead atoms. The molecule has 0 radical (unpaired) electrons. The molecule has 2 aromatic carbocycles. The molecular formula is C23H18N2O2S. The van der Waals surface area contributed by atoms with Crippen LogP contribution in [0.15, 0.2) is 84.4 Å². The van der Waals surface area contributed by atoms with Gasteiger partial charge in [0.05, 0.1) is 17.8 Å². The fourth-order valence-electron chi connectivity index (χ4n) is 2.87. The summed E-state index contributed by atoms with van der Waals surface area (Å²) in [5.41, 5.74) is 3.65. The SMILES string of the molecule is O=C(Cc1csc(-c2ccccn2)n1)Oc1ccccc1Cc1ccccc1. The molecule has 2 aromatic heterocycles. The quantitative estimate of drug-likeness (QED) is 0.348. The van der Waals surface area contributed by atoms with Crippen molar-refractivity contribution in [3.63, 3.8) is 0 Å². The van der Waals surface area contributed by atoms with E-state index in [1.807, 2.05) is 66.0 Å². The summed E-state index contributed by atoms with van der Waals surface area (Å²) in [4.78, 5) is 21.3. The fourth-order valence-corrected chi connectivity index (χ4v) is 3.66. The van der Waals surface area contributed by atoms with Crippen LogP contribution < -0.4 is 4.74 Å². The van der Waals surface area contributed by atoms with E-state index in [0.717, 1.165) is 16.3 Å². The number of benzene rings is 2. The Bertz CT molecular complexity index is 1060. The van der Waals surface area contributed by atoms with Crippen LogP contribution in [0.2, 0.25) is 0 Å². The third-order valence-electron chi connectivity index (χ3n) is 4.20. The summed E-state index contributed by atoms with van der Waals surface area (Å²) in [7, 11) is 0. The average molecular weight is 386 g/mol. The van der Waals surface area contributed by atoms with E-state index in [9.17, 15) is 4.79 Å². The van der Waals surface area contributed by atoms with Gasteiger partial charge in [0.2, 0.25) is 0 Å². The second-order valence-electron chi connectivity index (χ2n) is 6.28. The van der Waals surface area contributed by atoms with E-state index >= 15 is 0 Å². The van der Waals surface area contributed by atoms with E-state index in [1.165, 1.54) is 16.9 Å². The van der Waals surface area contributed by atoms with Gasteiger partial charge in [0.15, 0.2) is 0 Å². The summed E-state index contributed by atoms with van der Waals surface area (Å²) in [6.07, 6.45) is 2.57. The van der Waals surface area contributed by atoms with Gasteiger partial charge in [-0.15, -0.1) is 11.3 Å². The Morgan fingerprint density at radius 1 is 0.929 bits per heavy atom. The van der Waals surface area contributed by atoms with E-state index in [4.69, 9.17) is 4.74 Å². The number of ether oxygens (including phenoxy) is 1. The Morgan fingerprint density at radius 3 is 2.54 bits per heavy atom. The van der Waals surface area contributed by atoms with Gasteiger partial charge < -0.3 is 4.74 Å². The number of rotatable bonds is 6. The zero-order valence-corrected chi connectivity index (χ0v) is 15.9. The normalized spacial score (nSPS) is 10.6. The van der Waals surface area contributed by atoms with E-state index in [-0.39, 0.29) is 12.4 Å². The van der Waals surface area contributed by atoms with Crippen LogP contribution in [0.3, 0.4) is 0 Å². The van der Waals surface area contributed by atoms with E-state index in [1.54, 1.807) is 6.20 Å². The van der Waals surface area contributed by atoms with Crippen molar-refractivity contribution >= 4 is 17.3 Å². The van der Waals surface area contributed by atoms with Crippen LogP contribution in [0.25, 0.3) is 10.7 Å². The highest BCUT2D eigenvalue weighted by molar-refractivity contribution is 7.13. The molecule has 28 heavy (non-hydrogen) atoms. The second kappa shape index (κ2) is 8.59. The van der Waals surface area contributed by atoms with Crippen LogP contribution in [0.4, 0.5) is 0 Å². The number of carbonyl (C=O) groups excluding carboxylic acids is 1. The molecule has 0 amide bonds. The molecule has 0 saturated carbocycles. The Kier molecular flexibility index (Phi) is 5.54. The number of aromatic nitrogens is 2. The minimum absolute atomic E-state index is 0.128. The molecule has 138 valence electrons. The van der Waals surface area contributed by atoms with Gasteiger partial charge in [0, 0.05) is 18.0 Å². The number of hydrogen-bond acceptors (Lipinski definition) is 5. The standard InChI is InChI=1S/C23H18N2O2S/c26-22(15-19-16-28-23(25-19)20-11-6-7-13-24-20)27-21-12-5-4-10-18(21)14-17-8-2-1-3-9-17/h1-13,16H,14-15H2. The fraction of sp³-hybridized carbons (Fsp3) is 0.0870. The number of carbonyl (C=O) groups is 1. The molecule has 0 saturated heterocycles. The van der Waals surface area contributed by atoms with Crippen molar-refractivity contribution < 1.29 is 9.53 Å². The van der Waals surface area contributed by atoms with E-state index in [0.29, 0.717) is 17.9 Å². The summed E-state index contributed by atoms with van der Waals surface area (Å²) in [6, 6.07) is 23.5. The van der Waals surface area contributed by atoms with Gasteiger partial charge >= 0.3 is 5.97 Å². The molecule has 0 spiro atoms. The summed E-state index contributed by atoms with van der Waals surface area (Å²) < 4.78 is 5.65. The van der Waals surface area contributed by atoms with Crippen molar-refractivity contribution in [1.82, 2.24) is 9.97 Å². The van der Waals surface area contributed by atoms with E-state index in [2.05, 4.69) is 22.1 Å². The number of nitrogens with zero attached hydrogens (tertiary/aromatic N) is 2. The maximum absolute atomic E-state index is 12.5. The molecule has 0 aliphatic rings. The molecule has 0 fully saturated rings. The van der Waals surface area contributed by atoms with Crippen molar-refractivity contribution in [3.8, 4) is 16.5 Å². The number of hydrogen-bond donors (Lipinski definition) is 0. The number of thiazole rings is 1. The minimum atomic E-state index is -0.321. The lowest BCUT2D eigenvalue weighted by atomic mass is 10.0. The van der Waals surface area contributed by atoms with Crippen LogP contribution in [0.1, 0.15) is 16.8 Å². The van der Waals surface area contributed by atoms with Gasteiger partial charge in [-0.2, -0.15) is 0 Å².